The van der Waals surface area contributed by atoms with Crippen LogP contribution in [-0.4, -0.2) is 47.8 Å². The molecule has 118 valence electrons. The molecule has 1 aromatic heterocycles. The number of carbonyl (C=O) groups excluding carboxylic acids is 1. The third-order valence-corrected chi connectivity index (χ3v) is 4.40. The number of rotatable bonds is 3. The highest BCUT2D eigenvalue weighted by Gasteiger charge is 2.38. The van der Waals surface area contributed by atoms with Crippen LogP contribution < -0.4 is 0 Å². The van der Waals surface area contributed by atoms with Crippen molar-refractivity contribution >= 4 is 17.2 Å². The second-order valence-corrected chi connectivity index (χ2v) is 6.24. The van der Waals surface area contributed by atoms with Crippen molar-refractivity contribution in [3.8, 4) is 0 Å². The standard InChI is InChI=1S/C13H17F3N2O2S/c1-8-11(21-9(2)17-8)12(19)18(7-13(14,15)16)10-3-5-20-6-4-10/h10H,3-7H2,1-2H3. The normalized spacial score (nSPS) is 17.0. The Morgan fingerprint density at radius 3 is 2.48 bits per heavy atom. The lowest BCUT2D eigenvalue weighted by Gasteiger charge is -2.34. The first-order valence-electron chi connectivity index (χ1n) is 6.67. The maximum Gasteiger partial charge on any atom is 0.406 e. The van der Waals surface area contributed by atoms with Crippen molar-refractivity contribution in [3.63, 3.8) is 0 Å². The van der Waals surface area contributed by atoms with E-state index in [1.54, 1.807) is 13.8 Å². The van der Waals surface area contributed by atoms with Gasteiger partial charge in [0.05, 0.1) is 10.7 Å². The summed E-state index contributed by atoms with van der Waals surface area (Å²) in [4.78, 5) is 17.9. The van der Waals surface area contributed by atoms with Crippen molar-refractivity contribution < 1.29 is 22.7 Å². The molecule has 1 aliphatic rings. The number of aromatic nitrogens is 1. The van der Waals surface area contributed by atoms with Gasteiger partial charge in [-0.3, -0.25) is 4.79 Å². The average molecular weight is 322 g/mol. The third kappa shape index (κ3) is 4.16. The van der Waals surface area contributed by atoms with Gasteiger partial charge < -0.3 is 9.64 Å². The number of amides is 1. The fourth-order valence-corrected chi connectivity index (χ4v) is 3.29. The lowest BCUT2D eigenvalue weighted by molar-refractivity contribution is -0.147. The van der Waals surface area contributed by atoms with Crippen LogP contribution in [0.2, 0.25) is 0 Å². The van der Waals surface area contributed by atoms with E-state index in [2.05, 4.69) is 4.98 Å². The van der Waals surface area contributed by atoms with Gasteiger partial charge in [0, 0.05) is 19.3 Å². The van der Waals surface area contributed by atoms with E-state index >= 15 is 0 Å². The van der Waals surface area contributed by atoms with Crippen molar-refractivity contribution in [1.29, 1.82) is 0 Å². The van der Waals surface area contributed by atoms with Gasteiger partial charge in [-0.15, -0.1) is 11.3 Å². The zero-order chi connectivity index (χ0) is 15.6. The number of alkyl halides is 3. The summed E-state index contributed by atoms with van der Waals surface area (Å²) in [5.74, 6) is -0.581. The highest BCUT2D eigenvalue weighted by Crippen LogP contribution is 2.27. The number of hydrogen-bond acceptors (Lipinski definition) is 4. The zero-order valence-electron chi connectivity index (χ0n) is 11.9. The van der Waals surface area contributed by atoms with Crippen LogP contribution in [0.4, 0.5) is 13.2 Å². The fourth-order valence-electron chi connectivity index (χ4n) is 2.42. The highest BCUT2D eigenvalue weighted by atomic mass is 32.1. The summed E-state index contributed by atoms with van der Waals surface area (Å²) >= 11 is 1.14. The van der Waals surface area contributed by atoms with Gasteiger partial charge in [0.25, 0.3) is 5.91 Å². The molecule has 0 aromatic carbocycles. The van der Waals surface area contributed by atoms with E-state index < -0.39 is 24.7 Å². The molecule has 4 nitrogen and oxygen atoms in total. The van der Waals surface area contributed by atoms with Crippen LogP contribution >= 0.6 is 11.3 Å². The Balaban J connectivity index is 2.25. The smallest absolute Gasteiger partial charge is 0.381 e. The monoisotopic (exact) mass is 322 g/mol. The number of nitrogens with zero attached hydrogens (tertiary/aromatic N) is 2. The van der Waals surface area contributed by atoms with E-state index in [0.29, 0.717) is 41.6 Å². The Labute approximate surface area is 124 Å². The number of ether oxygens (including phenoxy) is 1. The molecule has 0 N–H and O–H groups in total. The van der Waals surface area contributed by atoms with Crippen LogP contribution in [-0.2, 0) is 4.74 Å². The molecule has 2 heterocycles. The van der Waals surface area contributed by atoms with E-state index in [-0.39, 0.29) is 0 Å². The van der Waals surface area contributed by atoms with Gasteiger partial charge in [-0.1, -0.05) is 0 Å². The van der Waals surface area contributed by atoms with Gasteiger partial charge in [0.2, 0.25) is 0 Å². The largest absolute Gasteiger partial charge is 0.406 e. The predicted octanol–water partition coefficient (Wildman–Crippen LogP) is 2.94. The minimum Gasteiger partial charge on any atom is -0.381 e. The maximum absolute atomic E-state index is 12.8. The molecule has 1 saturated heterocycles. The summed E-state index contributed by atoms with van der Waals surface area (Å²) < 4.78 is 43.6. The molecular formula is C13H17F3N2O2S. The van der Waals surface area contributed by atoms with Gasteiger partial charge in [-0.2, -0.15) is 13.2 Å². The summed E-state index contributed by atoms with van der Waals surface area (Å²) in [7, 11) is 0. The van der Waals surface area contributed by atoms with Crippen molar-refractivity contribution in [1.82, 2.24) is 9.88 Å². The molecule has 8 heteroatoms. The van der Waals surface area contributed by atoms with E-state index in [0.717, 1.165) is 16.2 Å². The van der Waals surface area contributed by atoms with E-state index in [1.165, 1.54) is 0 Å². The second kappa shape index (κ2) is 6.31. The topological polar surface area (TPSA) is 42.4 Å². The van der Waals surface area contributed by atoms with Crippen molar-refractivity contribution in [2.75, 3.05) is 19.8 Å². The van der Waals surface area contributed by atoms with Gasteiger partial charge >= 0.3 is 6.18 Å². The Kier molecular flexibility index (Phi) is 4.88. The van der Waals surface area contributed by atoms with E-state index in [9.17, 15) is 18.0 Å². The minimum atomic E-state index is -4.42. The quantitative estimate of drug-likeness (QED) is 0.859. The molecule has 0 saturated carbocycles. The Morgan fingerprint density at radius 2 is 2.00 bits per heavy atom. The molecule has 0 spiro atoms. The van der Waals surface area contributed by atoms with Crippen LogP contribution in [0.5, 0.6) is 0 Å². The average Bonchev–Trinajstić information content (AvgIpc) is 2.74. The number of hydrogen-bond donors (Lipinski definition) is 0. The SMILES string of the molecule is Cc1nc(C)c(C(=O)N(CC(F)(F)F)C2CCOCC2)s1. The number of thiazole rings is 1. The molecule has 2 rings (SSSR count). The Morgan fingerprint density at radius 1 is 1.38 bits per heavy atom. The van der Waals surface area contributed by atoms with Crippen molar-refractivity contribution in [2.24, 2.45) is 0 Å². The molecule has 1 aromatic rings. The van der Waals surface area contributed by atoms with Crippen LogP contribution in [0.1, 0.15) is 33.2 Å². The van der Waals surface area contributed by atoms with Crippen molar-refractivity contribution in [2.45, 2.75) is 38.9 Å². The fraction of sp³-hybridized carbons (Fsp3) is 0.692. The molecule has 0 atom stereocenters. The number of aryl methyl sites for hydroxylation is 2. The predicted molar refractivity (Wildman–Crippen MR) is 72.5 cm³/mol. The van der Waals surface area contributed by atoms with Gasteiger partial charge in [0.1, 0.15) is 11.4 Å². The van der Waals surface area contributed by atoms with E-state index in [1.807, 2.05) is 0 Å². The van der Waals surface area contributed by atoms with E-state index in [4.69, 9.17) is 4.74 Å². The van der Waals surface area contributed by atoms with Gasteiger partial charge in [-0.05, 0) is 26.7 Å². The molecule has 21 heavy (non-hydrogen) atoms. The number of halogens is 3. The summed E-state index contributed by atoms with van der Waals surface area (Å²) in [5.41, 5.74) is 0.488. The molecule has 0 bridgehead atoms. The zero-order valence-corrected chi connectivity index (χ0v) is 12.7. The third-order valence-electron chi connectivity index (χ3n) is 3.34. The van der Waals surface area contributed by atoms with Crippen LogP contribution in [0, 0.1) is 13.8 Å². The van der Waals surface area contributed by atoms with Crippen LogP contribution in [0.15, 0.2) is 0 Å². The molecule has 1 aliphatic heterocycles. The molecule has 1 amide bonds. The molecular weight excluding hydrogens is 305 g/mol. The summed E-state index contributed by atoms with van der Waals surface area (Å²) in [6.07, 6.45) is -3.56. The maximum atomic E-state index is 12.8. The lowest BCUT2D eigenvalue weighted by Crippen LogP contribution is -2.47. The molecule has 0 radical (unpaired) electrons. The summed E-state index contributed by atoms with van der Waals surface area (Å²) in [5, 5.41) is 0.676. The first-order chi connectivity index (χ1) is 9.78. The van der Waals surface area contributed by atoms with Gasteiger partial charge in [-0.25, -0.2) is 4.98 Å². The van der Waals surface area contributed by atoms with Gasteiger partial charge in [0.15, 0.2) is 0 Å². The molecule has 0 unspecified atom stereocenters. The van der Waals surface area contributed by atoms with Crippen LogP contribution in [0.3, 0.4) is 0 Å². The number of carbonyl (C=O) groups is 1. The Bertz CT molecular complexity index is 510. The summed E-state index contributed by atoms with van der Waals surface area (Å²) in [6, 6.07) is -0.435. The molecule has 0 aliphatic carbocycles. The Hall–Kier alpha value is -1.15. The van der Waals surface area contributed by atoms with Crippen LogP contribution in [0.25, 0.3) is 0 Å². The molecule has 1 fully saturated rings. The summed E-state index contributed by atoms with van der Waals surface area (Å²) in [6.45, 7) is 2.91. The first kappa shape index (κ1) is 16.2. The minimum absolute atomic E-state index is 0.295. The highest BCUT2D eigenvalue weighted by molar-refractivity contribution is 7.13. The van der Waals surface area contributed by atoms with Crippen molar-refractivity contribution in [3.05, 3.63) is 15.6 Å². The first-order valence-corrected chi connectivity index (χ1v) is 7.49. The second-order valence-electron chi connectivity index (χ2n) is 5.04. The lowest BCUT2D eigenvalue weighted by atomic mass is 10.1.